The van der Waals surface area contributed by atoms with Crippen LogP contribution in [0, 0.1) is 0 Å². The molecule has 116 valence electrons. The fourth-order valence-electron chi connectivity index (χ4n) is 1.44. The maximum Gasteiger partial charge on any atom is 0.336 e. The molecule has 0 unspecified atom stereocenters. The van der Waals surface area contributed by atoms with Crippen LogP contribution in [0.1, 0.15) is 9.75 Å². The van der Waals surface area contributed by atoms with Crippen molar-refractivity contribution < 1.29 is 31.1 Å². The predicted octanol–water partition coefficient (Wildman–Crippen LogP) is 5.30. The molecule has 2 aromatic heterocycles. The zero-order valence-corrected chi connectivity index (χ0v) is 11.7. The predicted molar refractivity (Wildman–Crippen MR) is 67.3 cm³/mol. The van der Waals surface area contributed by atoms with E-state index in [1.807, 2.05) is 0 Å². The molecule has 0 bridgehead atoms. The van der Waals surface area contributed by atoms with Crippen LogP contribution in [-0.2, 0) is 16.6 Å². The van der Waals surface area contributed by atoms with E-state index in [-0.39, 0.29) is 0 Å². The standard InChI is InChI=1S/C12H8F6OS2/c13-9(11(15,16)7-3-1-5-20-7)19-10(14)12(17,18)8-4-2-6-21-8/h1-6,9-10H/t9-,10-/m0/s1. The van der Waals surface area contributed by atoms with Crippen molar-refractivity contribution in [3.63, 3.8) is 0 Å². The molecule has 1 nitrogen and oxygen atoms in total. The van der Waals surface area contributed by atoms with Crippen LogP contribution in [0.3, 0.4) is 0 Å². The molecule has 0 aliphatic carbocycles. The van der Waals surface area contributed by atoms with Crippen molar-refractivity contribution in [2.45, 2.75) is 24.6 Å². The SMILES string of the molecule is F[C@@H](O[C@H](F)C(F)(F)c1cccs1)C(F)(F)c1cccs1. The van der Waals surface area contributed by atoms with E-state index >= 15 is 0 Å². The third-order valence-corrected chi connectivity index (χ3v) is 4.42. The Hall–Kier alpha value is -1.06. The molecule has 0 amide bonds. The van der Waals surface area contributed by atoms with E-state index in [4.69, 9.17) is 0 Å². The third-order valence-electron chi connectivity index (χ3n) is 2.51. The summed E-state index contributed by atoms with van der Waals surface area (Å²) < 4.78 is 84.8. The lowest BCUT2D eigenvalue weighted by Crippen LogP contribution is -2.37. The molecule has 0 aliphatic rings. The second kappa shape index (κ2) is 5.98. The minimum atomic E-state index is -4.20. The van der Waals surface area contributed by atoms with Gasteiger partial charge < -0.3 is 4.74 Å². The van der Waals surface area contributed by atoms with Crippen LogP contribution in [0.2, 0.25) is 0 Å². The van der Waals surface area contributed by atoms with Crippen LogP contribution in [0.4, 0.5) is 26.3 Å². The van der Waals surface area contributed by atoms with E-state index in [9.17, 15) is 26.3 Å². The molecule has 0 saturated heterocycles. The lowest BCUT2D eigenvalue weighted by atomic mass is 10.2. The van der Waals surface area contributed by atoms with Crippen LogP contribution in [0.5, 0.6) is 0 Å². The fourth-order valence-corrected chi connectivity index (χ4v) is 2.86. The Morgan fingerprint density at radius 3 is 1.48 bits per heavy atom. The molecule has 21 heavy (non-hydrogen) atoms. The van der Waals surface area contributed by atoms with Crippen molar-refractivity contribution in [3.05, 3.63) is 44.8 Å². The number of halogens is 6. The van der Waals surface area contributed by atoms with Gasteiger partial charge in [0.1, 0.15) is 0 Å². The van der Waals surface area contributed by atoms with Crippen molar-refractivity contribution in [1.29, 1.82) is 0 Å². The van der Waals surface area contributed by atoms with E-state index < -0.39 is 34.3 Å². The van der Waals surface area contributed by atoms with Crippen molar-refractivity contribution >= 4 is 22.7 Å². The normalized spacial score (nSPS) is 15.9. The molecule has 2 rings (SSSR count). The highest BCUT2D eigenvalue weighted by Crippen LogP contribution is 2.42. The van der Waals surface area contributed by atoms with Gasteiger partial charge in [-0.2, -0.15) is 17.6 Å². The highest BCUT2D eigenvalue weighted by molar-refractivity contribution is 7.10. The first-order chi connectivity index (χ1) is 9.76. The molecule has 9 heteroatoms. The topological polar surface area (TPSA) is 9.23 Å². The molecular weight excluding hydrogens is 338 g/mol. The number of ether oxygens (including phenoxy) is 1. The Bertz CT molecular complexity index is 504. The van der Waals surface area contributed by atoms with Gasteiger partial charge in [-0.1, -0.05) is 12.1 Å². The minimum absolute atomic E-state index is 0.513. The maximum atomic E-state index is 13.6. The van der Waals surface area contributed by atoms with Gasteiger partial charge in [-0.15, -0.1) is 22.7 Å². The Balaban J connectivity index is 2.10. The van der Waals surface area contributed by atoms with Crippen LogP contribution in [-0.4, -0.2) is 12.7 Å². The zero-order chi connectivity index (χ0) is 15.7. The Morgan fingerprint density at radius 1 is 0.810 bits per heavy atom. The summed E-state index contributed by atoms with van der Waals surface area (Å²) in [5.41, 5.74) is 0. The average Bonchev–Trinajstić information content (AvgIpc) is 3.11. The minimum Gasteiger partial charge on any atom is -0.303 e. The van der Waals surface area contributed by atoms with Crippen LogP contribution < -0.4 is 0 Å². The quantitative estimate of drug-likeness (QED) is 0.645. The van der Waals surface area contributed by atoms with Gasteiger partial charge in [0.2, 0.25) is 0 Å². The molecule has 2 heterocycles. The monoisotopic (exact) mass is 346 g/mol. The molecule has 0 N–H and O–H groups in total. The molecule has 2 aromatic rings. The van der Waals surface area contributed by atoms with Gasteiger partial charge in [-0.05, 0) is 22.9 Å². The zero-order valence-electron chi connectivity index (χ0n) is 10.1. The second-order valence-corrected chi connectivity index (χ2v) is 5.86. The summed E-state index contributed by atoms with van der Waals surface area (Å²) in [6.07, 6.45) is -7.03. The summed E-state index contributed by atoms with van der Waals surface area (Å²) in [5, 5.41) is 2.51. The number of hydrogen-bond donors (Lipinski definition) is 0. The van der Waals surface area contributed by atoms with E-state index in [1.54, 1.807) is 0 Å². The van der Waals surface area contributed by atoms with Crippen molar-refractivity contribution in [2.24, 2.45) is 0 Å². The third kappa shape index (κ3) is 3.24. The number of hydrogen-bond acceptors (Lipinski definition) is 3. The molecule has 0 fully saturated rings. The van der Waals surface area contributed by atoms with Crippen molar-refractivity contribution in [1.82, 2.24) is 0 Å². The highest BCUT2D eigenvalue weighted by atomic mass is 32.1. The first-order valence-electron chi connectivity index (χ1n) is 5.53. The number of alkyl halides is 6. The number of thiophene rings is 2. The smallest absolute Gasteiger partial charge is 0.303 e. The lowest BCUT2D eigenvalue weighted by molar-refractivity contribution is -0.293. The summed E-state index contributed by atoms with van der Waals surface area (Å²) in [4.78, 5) is -1.47. The van der Waals surface area contributed by atoms with E-state index in [0.717, 1.165) is 12.1 Å². The van der Waals surface area contributed by atoms with Crippen LogP contribution in [0.15, 0.2) is 35.0 Å². The fraction of sp³-hybridized carbons (Fsp3) is 0.333. The Morgan fingerprint density at radius 2 is 1.19 bits per heavy atom. The van der Waals surface area contributed by atoms with Crippen molar-refractivity contribution in [2.75, 3.05) is 0 Å². The summed E-state index contributed by atoms with van der Waals surface area (Å²) in [6.45, 7) is 0. The first-order valence-corrected chi connectivity index (χ1v) is 7.29. The van der Waals surface area contributed by atoms with Gasteiger partial charge in [0, 0.05) is 0 Å². The molecular formula is C12H8F6OS2. The molecule has 0 aromatic carbocycles. The summed E-state index contributed by atoms with van der Waals surface area (Å²) in [7, 11) is 0. The lowest BCUT2D eigenvalue weighted by Gasteiger charge is -2.25. The van der Waals surface area contributed by atoms with E-state index in [1.165, 1.54) is 22.9 Å². The molecule has 0 saturated carbocycles. The first kappa shape index (κ1) is 16.3. The Labute approximate surface area is 123 Å². The van der Waals surface area contributed by atoms with E-state index in [2.05, 4.69) is 4.74 Å². The van der Waals surface area contributed by atoms with Gasteiger partial charge in [0.05, 0.1) is 9.75 Å². The van der Waals surface area contributed by atoms with Gasteiger partial charge in [0.15, 0.2) is 0 Å². The Kier molecular flexibility index (Phi) is 4.64. The summed E-state index contributed by atoms with van der Waals surface area (Å²) in [6, 6.07) is 4.28. The van der Waals surface area contributed by atoms with Crippen LogP contribution in [0.25, 0.3) is 0 Å². The molecule has 0 radical (unpaired) electrons. The molecule has 0 aliphatic heterocycles. The highest BCUT2D eigenvalue weighted by Gasteiger charge is 2.51. The van der Waals surface area contributed by atoms with Gasteiger partial charge in [-0.25, -0.2) is 8.78 Å². The van der Waals surface area contributed by atoms with Gasteiger partial charge in [-0.3, -0.25) is 0 Å². The van der Waals surface area contributed by atoms with Gasteiger partial charge >= 0.3 is 11.8 Å². The van der Waals surface area contributed by atoms with E-state index in [0.29, 0.717) is 22.7 Å². The van der Waals surface area contributed by atoms with Gasteiger partial charge in [0.25, 0.3) is 12.7 Å². The largest absolute Gasteiger partial charge is 0.336 e. The number of rotatable bonds is 6. The summed E-state index contributed by atoms with van der Waals surface area (Å²) in [5.74, 6) is -8.41. The summed E-state index contributed by atoms with van der Waals surface area (Å²) >= 11 is 1.03. The van der Waals surface area contributed by atoms with Crippen LogP contribution >= 0.6 is 22.7 Å². The second-order valence-electron chi connectivity index (χ2n) is 3.97. The maximum absolute atomic E-state index is 13.6. The van der Waals surface area contributed by atoms with Crippen molar-refractivity contribution in [3.8, 4) is 0 Å². The average molecular weight is 346 g/mol. The molecule has 2 atom stereocenters. The molecule has 0 spiro atoms.